The van der Waals surface area contributed by atoms with Gasteiger partial charge in [-0.05, 0) is 58.2 Å². The van der Waals surface area contributed by atoms with Crippen molar-refractivity contribution in [1.82, 2.24) is 19.6 Å². The van der Waals surface area contributed by atoms with Gasteiger partial charge in [-0.2, -0.15) is 0 Å². The highest BCUT2D eigenvalue weighted by Crippen LogP contribution is 2.23. The molecule has 0 aliphatic carbocycles. The molecule has 0 radical (unpaired) electrons. The number of nitrogens with zero attached hydrogens (tertiary/aromatic N) is 4. The molecule has 0 fully saturated rings. The summed E-state index contributed by atoms with van der Waals surface area (Å²) in [6.07, 6.45) is 3.44. The number of Topliss-reactive ketones (excluding diaryl/α,β-unsaturated/α-hetero) is 1. The van der Waals surface area contributed by atoms with Crippen LogP contribution in [0.4, 0.5) is 5.82 Å². The number of esters is 1. The SMILES string of the molecule is Cc1nnc2c(NCCCCCC(=O)OC(C)(C)C)nc3ccc(CC(=O)C(C)C)cc3n12. The highest BCUT2D eigenvalue weighted by Gasteiger charge is 2.16. The number of aryl methyl sites for hydroxylation is 1. The van der Waals surface area contributed by atoms with Crippen LogP contribution in [0.15, 0.2) is 18.2 Å². The van der Waals surface area contributed by atoms with Gasteiger partial charge in [0, 0.05) is 25.3 Å². The molecule has 2 aromatic heterocycles. The van der Waals surface area contributed by atoms with E-state index in [1.54, 1.807) is 0 Å². The van der Waals surface area contributed by atoms with Crippen molar-refractivity contribution in [2.45, 2.75) is 79.2 Å². The maximum Gasteiger partial charge on any atom is 0.306 e. The molecule has 1 aromatic carbocycles. The van der Waals surface area contributed by atoms with E-state index in [-0.39, 0.29) is 17.7 Å². The van der Waals surface area contributed by atoms with Crippen LogP contribution in [0, 0.1) is 12.8 Å². The van der Waals surface area contributed by atoms with E-state index in [2.05, 4.69) is 15.5 Å². The average Bonchev–Trinajstić information content (AvgIpc) is 3.11. The van der Waals surface area contributed by atoms with Crippen LogP contribution in [-0.2, 0) is 20.7 Å². The lowest BCUT2D eigenvalue weighted by Gasteiger charge is -2.19. The summed E-state index contributed by atoms with van der Waals surface area (Å²) < 4.78 is 7.33. The second kappa shape index (κ2) is 10.3. The summed E-state index contributed by atoms with van der Waals surface area (Å²) in [4.78, 5) is 28.8. The molecule has 8 heteroatoms. The number of rotatable bonds is 10. The zero-order valence-electron chi connectivity index (χ0n) is 20.6. The van der Waals surface area contributed by atoms with Crippen molar-refractivity contribution in [3.8, 4) is 0 Å². The average molecular weight is 454 g/mol. The first-order chi connectivity index (χ1) is 15.5. The fourth-order valence-corrected chi connectivity index (χ4v) is 3.62. The van der Waals surface area contributed by atoms with E-state index in [1.165, 1.54) is 0 Å². The molecule has 1 N–H and O–H groups in total. The molecule has 0 unspecified atom stereocenters. The van der Waals surface area contributed by atoms with Crippen molar-refractivity contribution in [1.29, 1.82) is 0 Å². The number of carbonyl (C=O) groups excluding carboxylic acids is 2. The van der Waals surface area contributed by atoms with Crippen molar-refractivity contribution >= 4 is 34.3 Å². The summed E-state index contributed by atoms with van der Waals surface area (Å²) in [5, 5.41) is 11.9. The van der Waals surface area contributed by atoms with Gasteiger partial charge in [-0.3, -0.25) is 14.0 Å². The topological polar surface area (TPSA) is 98.5 Å². The van der Waals surface area contributed by atoms with Crippen molar-refractivity contribution in [2.75, 3.05) is 11.9 Å². The number of hydrogen-bond donors (Lipinski definition) is 1. The molecule has 0 saturated heterocycles. The van der Waals surface area contributed by atoms with Crippen molar-refractivity contribution in [3.05, 3.63) is 29.6 Å². The molecular weight excluding hydrogens is 418 g/mol. The fraction of sp³-hybridized carbons (Fsp3) is 0.560. The van der Waals surface area contributed by atoms with Gasteiger partial charge in [0.05, 0.1) is 11.0 Å². The smallest absolute Gasteiger partial charge is 0.306 e. The van der Waals surface area contributed by atoms with E-state index in [1.807, 2.05) is 64.1 Å². The molecule has 0 aliphatic heterocycles. The fourth-order valence-electron chi connectivity index (χ4n) is 3.62. The minimum Gasteiger partial charge on any atom is -0.460 e. The first-order valence-electron chi connectivity index (χ1n) is 11.7. The largest absolute Gasteiger partial charge is 0.460 e. The number of ketones is 1. The Morgan fingerprint density at radius 1 is 1.12 bits per heavy atom. The Bertz CT molecular complexity index is 1140. The molecule has 0 aliphatic rings. The lowest BCUT2D eigenvalue weighted by Crippen LogP contribution is -2.23. The molecule has 2 heterocycles. The number of nitrogens with one attached hydrogen (secondary N) is 1. The van der Waals surface area contributed by atoms with Crippen LogP contribution in [-0.4, -0.2) is 43.5 Å². The zero-order chi connectivity index (χ0) is 24.2. The number of carbonyl (C=O) groups is 2. The molecule has 3 aromatic rings. The van der Waals surface area contributed by atoms with Gasteiger partial charge in [-0.15, -0.1) is 10.2 Å². The predicted octanol–water partition coefficient (Wildman–Crippen LogP) is 4.67. The van der Waals surface area contributed by atoms with Crippen LogP contribution >= 0.6 is 0 Å². The number of anilines is 1. The van der Waals surface area contributed by atoms with Crippen LogP contribution in [0.1, 0.15) is 71.7 Å². The van der Waals surface area contributed by atoms with E-state index in [4.69, 9.17) is 9.72 Å². The predicted molar refractivity (Wildman–Crippen MR) is 129 cm³/mol. The molecule has 8 nitrogen and oxygen atoms in total. The van der Waals surface area contributed by atoms with Crippen molar-refractivity contribution in [3.63, 3.8) is 0 Å². The number of unbranched alkanes of at least 4 members (excludes halogenated alkanes) is 2. The minimum atomic E-state index is -0.438. The third-order valence-corrected chi connectivity index (χ3v) is 5.34. The maximum atomic E-state index is 12.2. The van der Waals surface area contributed by atoms with E-state index in [9.17, 15) is 9.59 Å². The van der Waals surface area contributed by atoms with Crippen molar-refractivity contribution < 1.29 is 14.3 Å². The quantitative estimate of drug-likeness (QED) is 0.352. The van der Waals surface area contributed by atoms with Gasteiger partial charge in [-0.1, -0.05) is 26.3 Å². The van der Waals surface area contributed by atoms with E-state index >= 15 is 0 Å². The highest BCUT2D eigenvalue weighted by atomic mass is 16.6. The summed E-state index contributed by atoms with van der Waals surface area (Å²) in [6, 6.07) is 5.91. The standard InChI is InChI=1S/C25H35N5O3/c1-16(2)21(31)15-18-11-12-19-20(14-18)30-17(3)28-29-24(30)23(27-19)26-13-9-7-8-10-22(32)33-25(4,5)6/h11-12,14,16H,7-10,13,15H2,1-6H3,(H,26,27). The summed E-state index contributed by atoms with van der Waals surface area (Å²) in [5.41, 5.74) is 2.90. The second-order valence-corrected chi connectivity index (χ2v) is 9.81. The van der Waals surface area contributed by atoms with Crippen LogP contribution in [0.3, 0.4) is 0 Å². The van der Waals surface area contributed by atoms with Gasteiger partial charge < -0.3 is 10.1 Å². The number of aromatic nitrogens is 4. The molecule has 0 amide bonds. The van der Waals surface area contributed by atoms with Crippen LogP contribution < -0.4 is 5.32 Å². The Morgan fingerprint density at radius 3 is 2.58 bits per heavy atom. The molecule has 0 saturated carbocycles. The van der Waals surface area contributed by atoms with E-state index in [0.717, 1.165) is 48.2 Å². The van der Waals surface area contributed by atoms with Crippen LogP contribution in [0.5, 0.6) is 0 Å². The zero-order valence-corrected chi connectivity index (χ0v) is 20.6. The minimum absolute atomic E-state index is 0.00574. The molecule has 3 rings (SSSR count). The summed E-state index contributed by atoms with van der Waals surface area (Å²) in [6.45, 7) is 12.1. The Balaban J connectivity index is 1.66. The molecule has 0 atom stereocenters. The number of benzene rings is 1. The van der Waals surface area contributed by atoms with Gasteiger partial charge in [0.25, 0.3) is 0 Å². The summed E-state index contributed by atoms with van der Waals surface area (Å²) in [7, 11) is 0. The van der Waals surface area contributed by atoms with Gasteiger partial charge in [-0.25, -0.2) is 4.98 Å². The van der Waals surface area contributed by atoms with Gasteiger partial charge in [0.15, 0.2) is 5.82 Å². The molecule has 178 valence electrons. The van der Waals surface area contributed by atoms with Crippen LogP contribution in [0.2, 0.25) is 0 Å². The Hall–Kier alpha value is -3.03. The summed E-state index contributed by atoms with van der Waals surface area (Å²) >= 11 is 0. The molecule has 33 heavy (non-hydrogen) atoms. The van der Waals surface area contributed by atoms with Crippen LogP contribution in [0.25, 0.3) is 16.7 Å². The van der Waals surface area contributed by atoms with Crippen molar-refractivity contribution in [2.24, 2.45) is 5.92 Å². The normalized spacial score (nSPS) is 12.0. The Kier molecular flexibility index (Phi) is 7.66. The summed E-state index contributed by atoms with van der Waals surface area (Å²) in [5.74, 6) is 1.52. The molecular formula is C25H35N5O3. The lowest BCUT2D eigenvalue weighted by atomic mass is 10.0. The van der Waals surface area contributed by atoms with Gasteiger partial charge in [0.1, 0.15) is 17.2 Å². The van der Waals surface area contributed by atoms with E-state index < -0.39 is 5.60 Å². The third kappa shape index (κ3) is 6.49. The highest BCUT2D eigenvalue weighted by molar-refractivity contribution is 5.86. The van der Waals surface area contributed by atoms with E-state index in [0.29, 0.717) is 24.3 Å². The number of ether oxygens (including phenoxy) is 1. The molecule has 0 spiro atoms. The first-order valence-corrected chi connectivity index (χ1v) is 11.7. The monoisotopic (exact) mass is 453 g/mol. The first kappa shape index (κ1) is 24.6. The molecule has 0 bridgehead atoms. The van der Waals surface area contributed by atoms with Gasteiger partial charge in [0.2, 0.25) is 5.65 Å². The second-order valence-electron chi connectivity index (χ2n) is 9.81. The lowest BCUT2D eigenvalue weighted by molar-refractivity contribution is -0.154. The number of hydrogen-bond acceptors (Lipinski definition) is 7. The third-order valence-electron chi connectivity index (χ3n) is 5.34. The Morgan fingerprint density at radius 2 is 1.88 bits per heavy atom. The Labute approximate surface area is 195 Å². The number of fused-ring (bicyclic) bond motifs is 3. The van der Waals surface area contributed by atoms with Gasteiger partial charge >= 0.3 is 5.97 Å². The maximum absolute atomic E-state index is 12.2.